The number of nitro groups is 1. The first-order chi connectivity index (χ1) is 11.6. The zero-order chi connectivity index (χ0) is 17.1. The van der Waals surface area contributed by atoms with Gasteiger partial charge in [-0.1, -0.05) is 0 Å². The minimum absolute atomic E-state index is 0.0522. The molecule has 7 heteroatoms. The number of aliphatic hydroxyl groups is 1. The van der Waals surface area contributed by atoms with E-state index in [0.29, 0.717) is 30.2 Å². The molecule has 7 nitrogen and oxygen atoms in total. The molecule has 0 saturated carbocycles. The molecule has 1 aliphatic heterocycles. The first kappa shape index (κ1) is 16.5. The minimum Gasteiger partial charge on any atom is -0.497 e. The largest absolute Gasteiger partial charge is 0.497 e. The lowest BCUT2D eigenvalue weighted by atomic mass is 10.1. The first-order valence-electron chi connectivity index (χ1n) is 7.89. The van der Waals surface area contributed by atoms with Crippen LogP contribution < -0.4 is 4.74 Å². The average molecular weight is 332 g/mol. The van der Waals surface area contributed by atoms with Crippen LogP contribution in [0.2, 0.25) is 0 Å². The Kier molecular flexibility index (Phi) is 4.82. The lowest BCUT2D eigenvalue weighted by Crippen LogP contribution is -2.37. The van der Waals surface area contributed by atoms with Gasteiger partial charge in [0.05, 0.1) is 36.3 Å². The molecule has 3 rings (SSSR count). The number of nitro benzene ring substituents is 1. The minimum atomic E-state index is -0.443. The predicted molar refractivity (Wildman–Crippen MR) is 87.9 cm³/mol. The predicted octanol–water partition coefficient (Wildman–Crippen LogP) is 2.82. The summed E-state index contributed by atoms with van der Waals surface area (Å²) in [6.45, 7) is 2.12. The molecule has 0 radical (unpaired) electrons. The van der Waals surface area contributed by atoms with Gasteiger partial charge in [0, 0.05) is 6.54 Å². The molecule has 1 saturated heterocycles. The fourth-order valence-corrected chi connectivity index (χ4v) is 3.00. The van der Waals surface area contributed by atoms with Gasteiger partial charge >= 0.3 is 0 Å². The highest BCUT2D eigenvalue weighted by Gasteiger charge is 2.21. The number of furan rings is 1. The second-order valence-electron chi connectivity index (χ2n) is 5.94. The van der Waals surface area contributed by atoms with E-state index in [1.54, 1.807) is 18.2 Å². The summed E-state index contributed by atoms with van der Waals surface area (Å²) in [7, 11) is 1.47. The molecule has 0 aliphatic carbocycles. The fourth-order valence-electron chi connectivity index (χ4n) is 3.00. The van der Waals surface area contributed by atoms with Crippen molar-refractivity contribution in [2.24, 2.45) is 0 Å². The van der Waals surface area contributed by atoms with Gasteiger partial charge in [0.2, 0.25) is 0 Å². The molecule has 0 spiro atoms. The second kappa shape index (κ2) is 7.02. The Labute approximate surface area is 139 Å². The molecule has 2 heterocycles. The van der Waals surface area contributed by atoms with Crippen LogP contribution in [-0.4, -0.2) is 41.2 Å². The summed E-state index contributed by atoms with van der Waals surface area (Å²) in [4.78, 5) is 13.0. The number of rotatable bonds is 5. The summed E-state index contributed by atoms with van der Waals surface area (Å²) in [5, 5.41) is 21.0. The van der Waals surface area contributed by atoms with Crippen LogP contribution in [-0.2, 0) is 6.54 Å². The first-order valence-corrected chi connectivity index (χ1v) is 7.89. The fraction of sp³-hybridized carbons (Fsp3) is 0.412. The van der Waals surface area contributed by atoms with E-state index >= 15 is 0 Å². The molecule has 0 amide bonds. The van der Waals surface area contributed by atoms with Crippen molar-refractivity contribution >= 4 is 5.69 Å². The Hall–Kier alpha value is -2.38. The van der Waals surface area contributed by atoms with Gasteiger partial charge in [-0.15, -0.1) is 0 Å². The number of methoxy groups -OCH3 is 1. The standard InChI is InChI=1S/C17H20N2O5/c1-23-13-4-6-15(16(9-13)19(21)22)17-7-5-14(24-17)11-18-8-2-3-12(20)10-18/h4-7,9,12,20H,2-3,8,10-11H2,1H3. The quantitative estimate of drug-likeness (QED) is 0.669. The van der Waals surface area contributed by atoms with Gasteiger partial charge in [0.25, 0.3) is 5.69 Å². The van der Waals surface area contributed by atoms with Gasteiger partial charge in [-0.05, 0) is 43.7 Å². The number of nitrogens with zero attached hydrogens (tertiary/aromatic N) is 2. The van der Waals surface area contributed by atoms with Crippen molar-refractivity contribution in [2.75, 3.05) is 20.2 Å². The van der Waals surface area contributed by atoms with Crippen molar-refractivity contribution in [2.45, 2.75) is 25.5 Å². The highest BCUT2D eigenvalue weighted by molar-refractivity contribution is 5.71. The van der Waals surface area contributed by atoms with Crippen molar-refractivity contribution in [3.05, 3.63) is 46.2 Å². The summed E-state index contributed by atoms with van der Waals surface area (Å²) in [5.74, 6) is 1.61. The number of ether oxygens (including phenoxy) is 1. The molecule has 1 fully saturated rings. The molecule has 1 aromatic heterocycles. The molecule has 24 heavy (non-hydrogen) atoms. The van der Waals surface area contributed by atoms with Gasteiger partial charge < -0.3 is 14.3 Å². The van der Waals surface area contributed by atoms with Crippen molar-refractivity contribution in [3.63, 3.8) is 0 Å². The molecular weight excluding hydrogens is 312 g/mol. The molecule has 1 aromatic carbocycles. The van der Waals surface area contributed by atoms with Crippen LogP contribution >= 0.6 is 0 Å². The van der Waals surface area contributed by atoms with Gasteiger partial charge in [-0.2, -0.15) is 0 Å². The van der Waals surface area contributed by atoms with E-state index in [-0.39, 0.29) is 11.8 Å². The van der Waals surface area contributed by atoms with Gasteiger partial charge in [0.1, 0.15) is 17.3 Å². The Bertz CT molecular complexity index is 728. The van der Waals surface area contributed by atoms with Gasteiger partial charge in [-0.3, -0.25) is 15.0 Å². The van der Waals surface area contributed by atoms with E-state index in [1.807, 2.05) is 6.07 Å². The van der Waals surface area contributed by atoms with Crippen LogP contribution in [0.5, 0.6) is 5.75 Å². The molecule has 1 atom stereocenters. The number of benzene rings is 1. The number of β-amino-alcohol motifs (C(OH)–C–C–N with tert-alkyl or cyclic N) is 1. The highest BCUT2D eigenvalue weighted by Crippen LogP contribution is 2.34. The van der Waals surface area contributed by atoms with E-state index in [2.05, 4.69) is 4.90 Å². The molecular formula is C17H20N2O5. The summed E-state index contributed by atoms with van der Waals surface area (Å²) >= 11 is 0. The average Bonchev–Trinajstić information content (AvgIpc) is 3.02. The summed E-state index contributed by atoms with van der Waals surface area (Å²) in [6, 6.07) is 8.25. The van der Waals surface area contributed by atoms with Gasteiger partial charge in [-0.25, -0.2) is 0 Å². The number of likely N-dealkylation sites (tertiary alicyclic amines) is 1. The Morgan fingerprint density at radius 3 is 2.96 bits per heavy atom. The Balaban J connectivity index is 1.81. The topological polar surface area (TPSA) is 89.0 Å². The summed E-state index contributed by atoms with van der Waals surface area (Å²) in [5.41, 5.74) is 0.370. The Morgan fingerprint density at radius 1 is 1.42 bits per heavy atom. The Morgan fingerprint density at radius 2 is 2.25 bits per heavy atom. The lowest BCUT2D eigenvalue weighted by Gasteiger charge is -2.29. The van der Waals surface area contributed by atoms with E-state index in [0.717, 1.165) is 25.1 Å². The van der Waals surface area contributed by atoms with E-state index in [1.165, 1.54) is 13.2 Å². The summed E-state index contributed by atoms with van der Waals surface area (Å²) < 4.78 is 10.8. The molecule has 1 N–H and O–H groups in total. The van der Waals surface area contributed by atoms with Crippen molar-refractivity contribution < 1.29 is 19.2 Å². The monoisotopic (exact) mass is 332 g/mol. The smallest absolute Gasteiger partial charge is 0.284 e. The maximum absolute atomic E-state index is 11.3. The van der Waals surface area contributed by atoms with Crippen LogP contribution in [0, 0.1) is 10.1 Å². The van der Waals surface area contributed by atoms with Crippen LogP contribution in [0.4, 0.5) is 5.69 Å². The van der Waals surface area contributed by atoms with Crippen LogP contribution in [0.25, 0.3) is 11.3 Å². The normalized spacial score (nSPS) is 18.5. The van der Waals surface area contributed by atoms with Crippen LogP contribution in [0.1, 0.15) is 18.6 Å². The molecule has 1 unspecified atom stereocenters. The third-order valence-electron chi connectivity index (χ3n) is 4.19. The zero-order valence-electron chi connectivity index (χ0n) is 13.5. The lowest BCUT2D eigenvalue weighted by molar-refractivity contribution is -0.384. The van der Waals surface area contributed by atoms with Crippen LogP contribution in [0.3, 0.4) is 0 Å². The third-order valence-corrected chi connectivity index (χ3v) is 4.19. The molecule has 0 bridgehead atoms. The van der Waals surface area contributed by atoms with E-state index < -0.39 is 4.92 Å². The SMILES string of the molecule is COc1ccc(-c2ccc(CN3CCCC(O)C3)o2)c([N+](=O)[O-])c1. The third kappa shape index (κ3) is 3.58. The van der Waals surface area contributed by atoms with Crippen LogP contribution in [0.15, 0.2) is 34.7 Å². The second-order valence-corrected chi connectivity index (χ2v) is 5.94. The number of piperidine rings is 1. The van der Waals surface area contributed by atoms with E-state index in [9.17, 15) is 15.2 Å². The van der Waals surface area contributed by atoms with Gasteiger partial charge in [0.15, 0.2) is 0 Å². The number of hydrogen-bond donors (Lipinski definition) is 1. The highest BCUT2D eigenvalue weighted by atomic mass is 16.6. The maximum Gasteiger partial charge on any atom is 0.284 e. The molecule has 2 aromatic rings. The summed E-state index contributed by atoms with van der Waals surface area (Å²) in [6.07, 6.45) is 1.49. The van der Waals surface area contributed by atoms with Crippen molar-refractivity contribution in [1.82, 2.24) is 4.90 Å². The number of aliphatic hydroxyl groups excluding tert-OH is 1. The molecule has 1 aliphatic rings. The van der Waals surface area contributed by atoms with Crippen molar-refractivity contribution in [1.29, 1.82) is 0 Å². The zero-order valence-corrected chi connectivity index (χ0v) is 13.5. The van der Waals surface area contributed by atoms with Crippen molar-refractivity contribution in [3.8, 4) is 17.1 Å². The molecule has 128 valence electrons. The maximum atomic E-state index is 11.3. The van der Waals surface area contributed by atoms with E-state index in [4.69, 9.17) is 9.15 Å². The number of hydrogen-bond acceptors (Lipinski definition) is 6.